The lowest BCUT2D eigenvalue weighted by molar-refractivity contribution is 0.199. The van der Waals surface area contributed by atoms with Gasteiger partial charge in [-0.2, -0.15) is 4.98 Å². The van der Waals surface area contributed by atoms with Gasteiger partial charge in [-0.25, -0.2) is 23.4 Å². The van der Waals surface area contributed by atoms with Crippen LogP contribution >= 0.6 is 11.6 Å². The molecule has 11 heteroatoms. The van der Waals surface area contributed by atoms with Crippen molar-refractivity contribution >= 4 is 39.0 Å². The van der Waals surface area contributed by atoms with Crippen LogP contribution in [-0.4, -0.2) is 73.4 Å². The lowest BCUT2D eigenvalue weighted by Gasteiger charge is -2.41. The van der Waals surface area contributed by atoms with Gasteiger partial charge in [0.25, 0.3) is 0 Å². The fraction of sp³-hybridized carbons (Fsp3) is 0.667. The number of piperazine rings is 1. The van der Waals surface area contributed by atoms with Gasteiger partial charge in [0.05, 0.1) is 11.4 Å². The fourth-order valence-electron chi connectivity index (χ4n) is 5.73. The van der Waals surface area contributed by atoms with E-state index in [0.29, 0.717) is 40.1 Å². The Balaban J connectivity index is 1.38. The van der Waals surface area contributed by atoms with Gasteiger partial charge in [-0.05, 0) is 48.3 Å². The van der Waals surface area contributed by atoms with Crippen LogP contribution in [0.1, 0.15) is 45.7 Å². The molecule has 5 heterocycles. The summed E-state index contributed by atoms with van der Waals surface area (Å²) < 4.78 is 25.9. The lowest BCUT2D eigenvalue weighted by atomic mass is 9.74. The van der Waals surface area contributed by atoms with Gasteiger partial charge in [0, 0.05) is 51.9 Å². The standard InChI is InChI=1S/C24H34ClN7O2S/c1-17(2)16-24(3)6-9-31(10-7-24)21-20-18(5-15-35(20,33)34)27-23(29-21)32-13-11-30(12-14-32)19-4-8-26-22(25)28-19/h4,8,17H,5-7,9-16H2,1-3H3. The van der Waals surface area contributed by atoms with Crippen LogP contribution in [0.2, 0.25) is 5.28 Å². The van der Waals surface area contributed by atoms with E-state index in [1.54, 1.807) is 6.20 Å². The Bertz CT molecular complexity index is 1190. The number of hydrogen-bond donors (Lipinski definition) is 0. The molecule has 2 aromatic heterocycles. The molecule has 2 saturated heterocycles. The Labute approximate surface area is 212 Å². The molecule has 0 amide bonds. The first-order valence-electron chi connectivity index (χ1n) is 12.5. The summed E-state index contributed by atoms with van der Waals surface area (Å²) in [6.45, 7) is 11.5. The average molecular weight is 520 g/mol. The monoisotopic (exact) mass is 519 g/mol. The summed E-state index contributed by atoms with van der Waals surface area (Å²) in [5.74, 6) is 2.82. The van der Waals surface area contributed by atoms with Crippen molar-refractivity contribution in [3.8, 4) is 0 Å². The lowest BCUT2D eigenvalue weighted by Crippen LogP contribution is -2.47. The molecule has 2 aromatic rings. The predicted molar refractivity (Wildman–Crippen MR) is 138 cm³/mol. The summed E-state index contributed by atoms with van der Waals surface area (Å²) in [4.78, 5) is 24.8. The number of fused-ring (bicyclic) bond motifs is 1. The summed E-state index contributed by atoms with van der Waals surface area (Å²) in [7, 11) is -3.35. The zero-order valence-corrected chi connectivity index (χ0v) is 22.3. The number of rotatable bonds is 5. The van der Waals surface area contributed by atoms with Crippen LogP contribution in [0.5, 0.6) is 0 Å². The summed E-state index contributed by atoms with van der Waals surface area (Å²) in [5.41, 5.74) is 0.966. The van der Waals surface area contributed by atoms with Gasteiger partial charge in [0.2, 0.25) is 11.2 Å². The topological polar surface area (TPSA) is 95.4 Å². The molecule has 0 radical (unpaired) electrons. The van der Waals surface area contributed by atoms with Crippen molar-refractivity contribution in [3.63, 3.8) is 0 Å². The number of aryl methyl sites for hydroxylation is 1. The Kier molecular flexibility index (Phi) is 6.54. The van der Waals surface area contributed by atoms with E-state index in [1.165, 1.54) is 6.42 Å². The minimum atomic E-state index is -3.35. The number of aromatic nitrogens is 4. The fourth-order valence-corrected chi connectivity index (χ4v) is 7.50. The van der Waals surface area contributed by atoms with E-state index in [9.17, 15) is 8.42 Å². The summed E-state index contributed by atoms with van der Waals surface area (Å²) in [6, 6.07) is 1.86. The van der Waals surface area contributed by atoms with Gasteiger partial charge in [-0.3, -0.25) is 0 Å². The molecule has 2 fully saturated rings. The second-order valence-corrected chi connectivity index (χ2v) is 13.1. The maximum Gasteiger partial charge on any atom is 0.227 e. The van der Waals surface area contributed by atoms with Crippen LogP contribution in [0.4, 0.5) is 17.6 Å². The quantitative estimate of drug-likeness (QED) is 0.551. The molecule has 0 bridgehead atoms. The van der Waals surface area contributed by atoms with Gasteiger partial charge in [-0.1, -0.05) is 20.8 Å². The minimum absolute atomic E-state index is 0.120. The van der Waals surface area contributed by atoms with E-state index in [-0.39, 0.29) is 11.0 Å². The van der Waals surface area contributed by atoms with Crippen molar-refractivity contribution in [2.24, 2.45) is 11.3 Å². The summed E-state index contributed by atoms with van der Waals surface area (Å²) >= 11 is 5.97. The van der Waals surface area contributed by atoms with Gasteiger partial charge >= 0.3 is 0 Å². The number of anilines is 3. The van der Waals surface area contributed by atoms with Crippen molar-refractivity contribution in [3.05, 3.63) is 23.2 Å². The molecule has 5 rings (SSSR count). The van der Waals surface area contributed by atoms with E-state index in [2.05, 4.69) is 45.4 Å². The molecule has 9 nitrogen and oxygen atoms in total. The zero-order valence-electron chi connectivity index (χ0n) is 20.7. The third-order valence-electron chi connectivity index (χ3n) is 7.49. The molecular formula is C24H34ClN7O2S. The average Bonchev–Trinajstić information content (AvgIpc) is 3.13. The molecule has 0 saturated carbocycles. The number of nitrogens with zero attached hydrogens (tertiary/aromatic N) is 7. The normalized spacial score (nSPS) is 21.5. The number of hydrogen-bond acceptors (Lipinski definition) is 9. The van der Waals surface area contributed by atoms with Crippen molar-refractivity contribution in [1.29, 1.82) is 0 Å². The maximum absolute atomic E-state index is 13.0. The van der Waals surface area contributed by atoms with Crippen molar-refractivity contribution in [1.82, 2.24) is 19.9 Å². The molecule has 0 N–H and O–H groups in total. The second-order valence-electron chi connectivity index (χ2n) is 10.7. The zero-order chi connectivity index (χ0) is 24.8. The van der Waals surface area contributed by atoms with Gasteiger partial charge in [-0.15, -0.1) is 0 Å². The summed E-state index contributed by atoms with van der Waals surface area (Å²) in [5, 5.41) is 0.240. The molecule has 0 spiro atoms. The largest absolute Gasteiger partial charge is 0.355 e. The predicted octanol–water partition coefficient (Wildman–Crippen LogP) is 3.23. The van der Waals surface area contributed by atoms with Crippen molar-refractivity contribution in [2.75, 3.05) is 59.7 Å². The highest BCUT2D eigenvalue weighted by molar-refractivity contribution is 7.91. The van der Waals surface area contributed by atoms with Crippen LogP contribution in [0.25, 0.3) is 0 Å². The van der Waals surface area contributed by atoms with Crippen LogP contribution in [-0.2, 0) is 16.3 Å². The molecule has 190 valence electrons. The molecule has 0 unspecified atom stereocenters. The van der Waals surface area contributed by atoms with Gasteiger partial charge in [0.15, 0.2) is 15.7 Å². The van der Waals surface area contributed by atoms with Crippen molar-refractivity contribution in [2.45, 2.75) is 51.3 Å². The molecular weight excluding hydrogens is 486 g/mol. The number of sulfone groups is 1. The van der Waals surface area contributed by atoms with E-state index in [1.807, 2.05) is 6.07 Å². The minimum Gasteiger partial charge on any atom is -0.355 e. The maximum atomic E-state index is 13.0. The summed E-state index contributed by atoms with van der Waals surface area (Å²) in [6.07, 6.45) is 5.39. The van der Waals surface area contributed by atoms with Crippen molar-refractivity contribution < 1.29 is 8.42 Å². The molecule has 0 atom stereocenters. The molecule has 0 aromatic carbocycles. The first kappa shape index (κ1) is 24.5. The first-order chi connectivity index (χ1) is 16.6. The molecule has 3 aliphatic heterocycles. The Morgan fingerprint density at radius 1 is 1.00 bits per heavy atom. The van der Waals surface area contributed by atoms with E-state index < -0.39 is 9.84 Å². The SMILES string of the molecule is CC(C)CC1(C)CCN(c2nc(N3CCN(c4ccnc(Cl)n4)CC3)nc3c2S(=O)(=O)CC3)CC1. The van der Waals surface area contributed by atoms with Crippen LogP contribution in [0.3, 0.4) is 0 Å². The van der Waals surface area contributed by atoms with Gasteiger partial charge in [0.1, 0.15) is 10.7 Å². The smallest absolute Gasteiger partial charge is 0.227 e. The Morgan fingerprint density at radius 3 is 2.34 bits per heavy atom. The van der Waals surface area contributed by atoms with Crippen LogP contribution in [0, 0.1) is 11.3 Å². The highest BCUT2D eigenvalue weighted by Gasteiger charge is 2.38. The Morgan fingerprint density at radius 2 is 1.69 bits per heavy atom. The molecule has 0 aliphatic carbocycles. The molecule has 35 heavy (non-hydrogen) atoms. The number of piperidine rings is 1. The van der Waals surface area contributed by atoms with E-state index in [0.717, 1.165) is 57.9 Å². The van der Waals surface area contributed by atoms with E-state index in [4.69, 9.17) is 21.6 Å². The Hall–Kier alpha value is -2.20. The van der Waals surface area contributed by atoms with Gasteiger partial charge < -0.3 is 14.7 Å². The third kappa shape index (κ3) is 5.05. The number of halogens is 1. The van der Waals surface area contributed by atoms with E-state index >= 15 is 0 Å². The van der Waals surface area contributed by atoms with Crippen LogP contribution in [0.15, 0.2) is 17.2 Å². The molecule has 3 aliphatic rings. The highest BCUT2D eigenvalue weighted by atomic mass is 35.5. The highest BCUT2D eigenvalue weighted by Crippen LogP contribution is 2.41. The third-order valence-corrected chi connectivity index (χ3v) is 9.46. The van der Waals surface area contributed by atoms with Crippen LogP contribution < -0.4 is 14.7 Å². The second kappa shape index (κ2) is 9.35. The first-order valence-corrected chi connectivity index (χ1v) is 14.5.